The van der Waals surface area contributed by atoms with Gasteiger partial charge in [-0.05, 0) is 67.3 Å². The van der Waals surface area contributed by atoms with Crippen molar-refractivity contribution in [3.05, 3.63) is 98.6 Å². The molecular weight excluding hydrogens is 438 g/mol. The number of non-ortho nitro benzene ring substituents is 1. The van der Waals surface area contributed by atoms with Crippen molar-refractivity contribution in [2.75, 3.05) is 6.61 Å². The maximum atomic E-state index is 12.3. The summed E-state index contributed by atoms with van der Waals surface area (Å²) >= 11 is 0. The number of nitro benzene ring substituents is 1. The summed E-state index contributed by atoms with van der Waals surface area (Å²) in [5, 5.41) is 14.6. The normalized spacial score (nSPS) is 10.7. The summed E-state index contributed by atoms with van der Waals surface area (Å²) in [5.74, 6) is -0.137. The molecule has 0 unspecified atom stereocenters. The number of nitro groups is 1. The van der Waals surface area contributed by atoms with Gasteiger partial charge in [-0.15, -0.1) is 0 Å². The van der Waals surface area contributed by atoms with E-state index in [1.807, 2.05) is 32.9 Å². The Morgan fingerprint density at radius 2 is 1.74 bits per heavy atom. The molecule has 0 saturated heterocycles. The highest BCUT2D eigenvalue weighted by Gasteiger charge is 2.12. The highest BCUT2D eigenvalue weighted by Crippen LogP contribution is 2.25. The van der Waals surface area contributed by atoms with Gasteiger partial charge >= 0.3 is 5.97 Å². The molecule has 1 amide bonds. The minimum atomic E-state index is -0.656. The zero-order valence-corrected chi connectivity index (χ0v) is 18.9. The number of carbonyl (C=O) groups is 2. The van der Waals surface area contributed by atoms with E-state index in [-0.39, 0.29) is 23.6 Å². The predicted octanol–water partition coefficient (Wildman–Crippen LogP) is 4.27. The lowest BCUT2D eigenvalue weighted by molar-refractivity contribution is -0.384. The maximum absolute atomic E-state index is 12.3. The lowest BCUT2D eigenvalue weighted by Gasteiger charge is -2.13. The summed E-state index contributed by atoms with van der Waals surface area (Å²) in [6.45, 7) is 5.65. The summed E-state index contributed by atoms with van der Waals surface area (Å²) in [5.41, 5.74) is 6.04. The number of benzene rings is 3. The van der Waals surface area contributed by atoms with Crippen molar-refractivity contribution >= 4 is 23.8 Å². The van der Waals surface area contributed by atoms with Crippen molar-refractivity contribution in [1.82, 2.24) is 5.43 Å². The number of hydrazone groups is 1. The number of hydrogen-bond acceptors (Lipinski definition) is 7. The Labute approximate surface area is 196 Å². The number of aryl methyl sites for hydroxylation is 2. The highest BCUT2D eigenvalue weighted by atomic mass is 16.6. The van der Waals surface area contributed by atoms with Crippen LogP contribution >= 0.6 is 0 Å². The summed E-state index contributed by atoms with van der Waals surface area (Å²) in [6, 6.07) is 15.6. The Bertz CT molecular complexity index is 1250. The van der Waals surface area contributed by atoms with Crippen LogP contribution in [0.5, 0.6) is 11.5 Å². The number of amides is 1. The Morgan fingerprint density at radius 1 is 1.03 bits per heavy atom. The van der Waals surface area contributed by atoms with Crippen molar-refractivity contribution < 1.29 is 24.0 Å². The number of nitrogens with zero attached hydrogens (tertiary/aromatic N) is 2. The molecule has 3 aromatic carbocycles. The quantitative estimate of drug-likeness (QED) is 0.176. The first kappa shape index (κ1) is 24.1. The molecule has 1 N–H and O–H groups in total. The molecule has 9 nitrogen and oxygen atoms in total. The van der Waals surface area contributed by atoms with Gasteiger partial charge in [-0.2, -0.15) is 5.10 Å². The van der Waals surface area contributed by atoms with Gasteiger partial charge in [-0.3, -0.25) is 14.9 Å². The molecule has 3 rings (SSSR count). The average Bonchev–Trinajstić information content (AvgIpc) is 2.82. The van der Waals surface area contributed by atoms with Crippen LogP contribution in [0.2, 0.25) is 0 Å². The summed E-state index contributed by atoms with van der Waals surface area (Å²) < 4.78 is 11.0. The molecular formula is C25H23N3O6. The van der Waals surface area contributed by atoms with Crippen molar-refractivity contribution in [2.45, 2.75) is 20.8 Å². The molecule has 34 heavy (non-hydrogen) atoms. The summed E-state index contributed by atoms with van der Waals surface area (Å²) in [4.78, 5) is 34.5. The molecule has 0 spiro atoms. The van der Waals surface area contributed by atoms with E-state index < -0.39 is 16.8 Å². The first-order valence-electron chi connectivity index (χ1n) is 10.3. The first-order valence-corrected chi connectivity index (χ1v) is 10.3. The van der Waals surface area contributed by atoms with Crippen LogP contribution in [0, 0.1) is 30.9 Å². The lowest BCUT2D eigenvalue weighted by Crippen LogP contribution is -2.25. The number of hydrogen-bond donors (Lipinski definition) is 1. The second kappa shape index (κ2) is 10.9. The molecule has 0 atom stereocenters. The van der Waals surface area contributed by atoms with Crippen LogP contribution in [0.3, 0.4) is 0 Å². The fraction of sp³-hybridized carbons (Fsp3) is 0.160. The van der Waals surface area contributed by atoms with Crippen LogP contribution < -0.4 is 14.9 Å². The Kier molecular flexibility index (Phi) is 7.71. The molecule has 174 valence electrons. The Balaban J connectivity index is 1.55. The molecule has 3 aromatic rings. The van der Waals surface area contributed by atoms with Crippen LogP contribution in [-0.2, 0) is 4.79 Å². The third-order valence-corrected chi connectivity index (χ3v) is 5.01. The van der Waals surface area contributed by atoms with E-state index >= 15 is 0 Å². The van der Waals surface area contributed by atoms with E-state index in [9.17, 15) is 19.7 Å². The van der Waals surface area contributed by atoms with Crippen molar-refractivity contribution in [3.63, 3.8) is 0 Å². The Morgan fingerprint density at radius 3 is 2.44 bits per heavy atom. The molecule has 0 radical (unpaired) electrons. The van der Waals surface area contributed by atoms with E-state index in [4.69, 9.17) is 9.47 Å². The zero-order valence-electron chi connectivity index (χ0n) is 18.9. The lowest BCUT2D eigenvalue weighted by atomic mass is 10.1. The van der Waals surface area contributed by atoms with Crippen LogP contribution in [0.1, 0.15) is 32.6 Å². The monoisotopic (exact) mass is 461 g/mol. The van der Waals surface area contributed by atoms with Crippen LogP contribution in [0.15, 0.2) is 65.8 Å². The van der Waals surface area contributed by atoms with Crippen LogP contribution in [0.25, 0.3) is 0 Å². The molecule has 9 heteroatoms. The molecule has 0 aliphatic heterocycles. The first-order chi connectivity index (χ1) is 16.2. The number of carbonyl (C=O) groups excluding carboxylic acids is 2. The molecule has 0 aromatic heterocycles. The van der Waals surface area contributed by atoms with Crippen molar-refractivity contribution in [2.24, 2.45) is 5.10 Å². The molecule has 0 aliphatic carbocycles. The number of nitrogens with one attached hydrogen (secondary N) is 1. The number of esters is 1. The van der Waals surface area contributed by atoms with Gasteiger partial charge in [0, 0.05) is 12.1 Å². The fourth-order valence-electron chi connectivity index (χ4n) is 3.04. The molecule has 0 bridgehead atoms. The largest absolute Gasteiger partial charge is 0.483 e. The minimum Gasteiger partial charge on any atom is -0.483 e. The number of ether oxygens (including phenoxy) is 2. The van der Waals surface area contributed by atoms with Gasteiger partial charge in [0.1, 0.15) is 11.5 Å². The molecule has 0 aliphatic rings. The van der Waals surface area contributed by atoms with Gasteiger partial charge < -0.3 is 9.47 Å². The summed E-state index contributed by atoms with van der Waals surface area (Å²) in [7, 11) is 0. The third-order valence-electron chi connectivity index (χ3n) is 5.01. The van der Waals surface area contributed by atoms with Gasteiger partial charge in [0.15, 0.2) is 6.61 Å². The fourth-order valence-corrected chi connectivity index (χ4v) is 3.04. The minimum absolute atomic E-state index is 0.119. The summed E-state index contributed by atoms with van der Waals surface area (Å²) in [6.07, 6.45) is 1.41. The van der Waals surface area contributed by atoms with E-state index in [1.165, 1.54) is 30.5 Å². The maximum Gasteiger partial charge on any atom is 0.343 e. The standard InChI is InChI=1S/C25H23N3O6/c1-16-7-8-17(2)24(18(16)3)33-15-23(29)27-26-14-19-5-4-6-22(13-19)34-25(30)20-9-11-21(12-10-20)28(31)32/h4-14H,15H2,1-3H3,(H,27,29)/b26-14+. The highest BCUT2D eigenvalue weighted by molar-refractivity contribution is 5.91. The second-order valence-corrected chi connectivity index (χ2v) is 7.50. The molecule has 0 fully saturated rings. The Hall–Kier alpha value is -4.53. The van der Waals surface area contributed by atoms with Crippen molar-refractivity contribution in [1.29, 1.82) is 0 Å². The number of rotatable bonds is 8. The smallest absolute Gasteiger partial charge is 0.343 e. The second-order valence-electron chi connectivity index (χ2n) is 7.50. The van der Waals surface area contributed by atoms with Crippen LogP contribution in [-0.4, -0.2) is 29.6 Å². The van der Waals surface area contributed by atoms with Gasteiger partial charge in [-0.25, -0.2) is 10.2 Å². The van der Waals surface area contributed by atoms with E-state index in [0.29, 0.717) is 11.3 Å². The zero-order chi connectivity index (χ0) is 24.7. The average molecular weight is 461 g/mol. The van der Waals surface area contributed by atoms with E-state index in [1.54, 1.807) is 24.3 Å². The SMILES string of the molecule is Cc1ccc(C)c(OCC(=O)N/N=C/c2cccc(OC(=O)c3ccc([N+](=O)[O-])cc3)c2)c1C. The third kappa shape index (κ3) is 6.26. The van der Waals surface area contributed by atoms with Gasteiger partial charge in [0.2, 0.25) is 0 Å². The van der Waals surface area contributed by atoms with Crippen molar-refractivity contribution in [3.8, 4) is 11.5 Å². The van der Waals surface area contributed by atoms with Gasteiger partial charge in [-0.1, -0.05) is 24.3 Å². The van der Waals surface area contributed by atoms with Gasteiger partial charge in [0.05, 0.1) is 16.7 Å². The molecule has 0 heterocycles. The van der Waals surface area contributed by atoms with Crippen LogP contribution in [0.4, 0.5) is 5.69 Å². The van der Waals surface area contributed by atoms with Gasteiger partial charge in [0.25, 0.3) is 11.6 Å². The topological polar surface area (TPSA) is 120 Å². The van der Waals surface area contributed by atoms with E-state index in [0.717, 1.165) is 16.7 Å². The molecule has 0 saturated carbocycles. The predicted molar refractivity (Wildman–Crippen MR) is 126 cm³/mol. The van der Waals surface area contributed by atoms with E-state index in [2.05, 4.69) is 10.5 Å².